The highest BCUT2D eigenvalue weighted by molar-refractivity contribution is 6.32. The number of nitrogens with zero attached hydrogens (tertiary/aromatic N) is 6. The SMILES string of the molecule is CCCCc1nc(C)n(-c2ncc(C(F)(F)F)cc2Cl)c(=O)c1Cc1ccc(-c2ccccc2-c2nnn[nH]2)cc1. The number of rotatable bonds is 8. The Balaban J connectivity index is 1.53. The standard InChI is InChI=1S/C29H25ClF3N7O/c1-3-4-9-25-23(28(41)40(17(2)35-25)27-24(30)15-20(16-34-27)29(31,32)33)14-18-10-12-19(13-11-18)21-7-5-6-8-22(21)26-36-38-39-37-26/h5-8,10-13,15-16H,3-4,9,14H2,1-2H3,(H,36,37,38,39). The molecule has 0 atom stereocenters. The zero-order chi connectivity index (χ0) is 29.1. The number of aromatic nitrogens is 7. The van der Waals surface area contributed by atoms with E-state index < -0.39 is 17.3 Å². The number of aryl methyl sites for hydroxylation is 2. The number of halogens is 4. The Morgan fingerprint density at radius 3 is 2.41 bits per heavy atom. The van der Waals surface area contributed by atoms with Crippen LogP contribution >= 0.6 is 11.6 Å². The van der Waals surface area contributed by atoms with E-state index in [2.05, 4.69) is 30.6 Å². The summed E-state index contributed by atoms with van der Waals surface area (Å²) in [7, 11) is 0. The summed E-state index contributed by atoms with van der Waals surface area (Å²) in [6.45, 7) is 3.66. The molecule has 5 rings (SSSR count). The highest BCUT2D eigenvalue weighted by Crippen LogP contribution is 2.32. The molecule has 0 spiro atoms. The van der Waals surface area contributed by atoms with Crippen LogP contribution in [0.1, 0.15) is 48.0 Å². The van der Waals surface area contributed by atoms with Gasteiger partial charge in [0.1, 0.15) is 5.82 Å². The minimum absolute atomic E-state index is 0.0909. The Labute approximate surface area is 238 Å². The highest BCUT2D eigenvalue weighted by atomic mass is 35.5. The average molecular weight is 580 g/mol. The third-order valence-corrected chi connectivity index (χ3v) is 7.01. The Hall–Kier alpha value is -4.38. The van der Waals surface area contributed by atoms with Gasteiger partial charge in [-0.05, 0) is 52.9 Å². The van der Waals surface area contributed by atoms with E-state index in [-0.39, 0.29) is 17.3 Å². The van der Waals surface area contributed by atoms with Crippen molar-refractivity contribution in [1.82, 2.24) is 35.2 Å². The van der Waals surface area contributed by atoms with Gasteiger partial charge < -0.3 is 0 Å². The molecule has 1 N–H and O–H groups in total. The number of hydrogen-bond acceptors (Lipinski definition) is 6. The molecule has 0 saturated heterocycles. The first kappa shape index (κ1) is 28.2. The number of tetrazole rings is 1. The van der Waals surface area contributed by atoms with Gasteiger partial charge in [0.25, 0.3) is 5.56 Å². The molecule has 0 saturated carbocycles. The first-order chi connectivity index (χ1) is 19.7. The predicted molar refractivity (Wildman–Crippen MR) is 149 cm³/mol. The molecule has 2 aromatic carbocycles. The lowest BCUT2D eigenvalue weighted by molar-refractivity contribution is -0.137. The van der Waals surface area contributed by atoms with E-state index in [1.165, 1.54) is 4.57 Å². The number of aromatic amines is 1. The number of pyridine rings is 1. The molecule has 0 bridgehead atoms. The minimum atomic E-state index is -4.61. The molecule has 5 aromatic rings. The van der Waals surface area contributed by atoms with Crippen molar-refractivity contribution < 1.29 is 13.2 Å². The van der Waals surface area contributed by atoms with E-state index in [9.17, 15) is 18.0 Å². The summed E-state index contributed by atoms with van der Waals surface area (Å²) in [6, 6.07) is 16.3. The van der Waals surface area contributed by atoms with Crippen LogP contribution in [0, 0.1) is 6.92 Å². The smallest absolute Gasteiger partial charge is 0.268 e. The van der Waals surface area contributed by atoms with Crippen molar-refractivity contribution in [3.63, 3.8) is 0 Å². The zero-order valence-corrected chi connectivity index (χ0v) is 23.0. The maximum atomic E-state index is 13.9. The van der Waals surface area contributed by atoms with Crippen LogP contribution in [0.5, 0.6) is 0 Å². The fraction of sp³-hybridized carbons (Fsp3) is 0.241. The first-order valence-electron chi connectivity index (χ1n) is 12.9. The molecule has 0 radical (unpaired) electrons. The number of hydrogen-bond donors (Lipinski definition) is 1. The monoisotopic (exact) mass is 579 g/mol. The van der Waals surface area contributed by atoms with Crippen LogP contribution in [-0.2, 0) is 19.0 Å². The summed E-state index contributed by atoms with van der Waals surface area (Å²) < 4.78 is 40.7. The van der Waals surface area contributed by atoms with Gasteiger partial charge in [-0.25, -0.2) is 19.6 Å². The molecule has 3 aromatic heterocycles. The molecule has 0 aliphatic rings. The summed E-state index contributed by atoms with van der Waals surface area (Å²) in [5.41, 5.74) is 3.28. The van der Waals surface area contributed by atoms with Gasteiger partial charge in [0.05, 0.1) is 16.3 Å². The van der Waals surface area contributed by atoms with Crippen molar-refractivity contribution in [2.24, 2.45) is 0 Å². The van der Waals surface area contributed by atoms with Gasteiger partial charge in [0, 0.05) is 23.7 Å². The molecule has 0 fully saturated rings. The molecule has 41 heavy (non-hydrogen) atoms. The van der Waals surface area contributed by atoms with Gasteiger partial charge in [-0.3, -0.25) is 4.79 Å². The summed E-state index contributed by atoms with van der Waals surface area (Å²) >= 11 is 6.21. The second-order valence-electron chi connectivity index (χ2n) is 9.52. The maximum absolute atomic E-state index is 13.9. The van der Waals surface area contributed by atoms with Crippen molar-refractivity contribution >= 4 is 11.6 Å². The number of H-pyrrole nitrogens is 1. The molecular formula is C29H25ClF3N7O. The number of alkyl halides is 3. The lowest BCUT2D eigenvalue weighted by Crippen LogP contribution is -2.29. The third-order valence-electron chi connectivity index (χ3n) is 6.73. The van der Waals surface area contributed by atoms with Crippen molar-refractivity contribution in [2.45, 2.75) is 45.7 Å². The molecule has 0 amide bonds. The molecule has 0 unspecified atom stereocenters. The van der Waals surface area contributed by atoms with Gasteiger partial charge in [-0.1, -0.05) is 73.5 Å². The molecule has 0 aliphatic carbocycles. The lowest BCUT2D eigenvalue weighted by Gasteiger charge is -2.17. The van der Waals surface area contributed by atoms with Crippen LogP contribution < -0.4 is 5.56 Å². The molecular weight excluding hydrogens is 555 g/mol. The molecule has 3 heterocycles. The summed E-state index contributed by atoms with van der Waals surface area (Å²) in [5, 5.41) is 13.9. The second kappa shape index (κ2) is 11.6. The van der Waals surface area contributed by atoms with E-state index in [4.69, 9.17) is 11.6 Å². The maximum Gasteiger partial charge on any atom is 0.417 e. The van der Waals surface area contributed by atoms with E-state index in [0.29, 0.717) is 35.5 Å². The zero-order valence-electron chi connectivity index (χ0n) is 22.2. The van der Waals surface area contributed by atoms with Crippen molar-refractivity contribution in [3.05, 3.63) is 104 Å². The van der Waals surface area contributed by atoms with Crippen LogP contribution in [0.2, 0.25) is 5.02 Å². The molecule has 12 heteroatoms. The van der Waals surface area contributed by atoms with E-state index in [1.807, 2.05) is 55.5 Å². The van der Waals surface area contributed by atoms with Crippen LogP contribution in [0.25, 0.3) is 28.3 Å². The summed E-state index contributed by atoms with van der Waals surface area (Å²) in [6.07, 6.45) is -1.34. The van der Waals surface area contributed by atoms with Gasteiger partial charge >= 0.3 is 6.18 Å². The predicted octanol–water partition coefficient (Wildman–Crippen LogP) is 6.39. The average Bonchev–Trinajstić information content (AvgIpc) is 3.49. The Bertz CT molecular complexity index is 1730. The lowest BCUT2D eigenvalue weighted by atomic mass is 9.96. The topological polar surface area (TPSA) is 102 Å². The Morgan fingerprint density at radius 1 is 1.05 bits per heavy atom. The van der Waals surface area contributed by atoms with Crippen LogP contribution in [0.4, 0.5) is 13.2 Å². The van der Waals surface area contributed by atoms with Crippen molar-refractivity contribution in [3.8, 4) is 28.3 Å². The largest absolute Gasteiger partial charge is 0.417 e. The van der Waals surface area contributed by atoms with E-state index in [1.54, 1.807) is 6.92 Å². The van der Waals surface area contributed by atoms with Gasteiger partial charge in [-0.2, -0.15) is 13.2 Å². The summed E-state index contributed by atoms with van der Waals surface area (Å²) in [5.74, 6) is 0.756. The quantitative estimate of drug-likeness (QED) is 0.229. The van der Waals surface area contributed by atoms with Gasteiger partial charge in [-0.15, -0.1) is 5.10 Å². The van der Waals surface area contributed by atoms with E-state index >= 15 is 0 Å². The molecule has 0 aliphatic heterocycles. The third kappa shape index (κ3) is 5.90. The first-order valence-corrected chi connectivity index (χ1v) is 13.3. The Kier molecular flexibility index (Phi) is 7.98. The fourth-order valence-corrected chi connectivity index (χ4v) is 4.92. The summed E-state index contributed by atoms with van der Waals surface area (Å²) in [4.78, 5) is 22.4. The van der Waals surface area contributed by atoms with Gasteiger partial charge in [0.15, 0.2) is 11.6 Å². The number of benzene rings is 2. The van der Waals surface area contributed by atoms with Crippen LogP contribution in [-0.4, -0.2) is 35.2 Å². The number of unbranched alkanes of at least 4 members (excludes halogenated alkanes) is 1. The van der Waals surface area contributed by atoms with E-state index in [0.717, 1.165) is 41.2 Å². The normalized spacial score (nSPS) is 11.7. The molecule has 210 valence electrons. The molecule has 8 nitrogen and oxygen atoms in total. The Morgan fingerprint density at radius 2 is 1.78 bits per heavy atom. The minimum Gasteiger partial charge on any atom is -0.268 e. The van der Waals surface area contributed by atoms with Crippen LogP contribution in [0.3, 0.4) is 0 Å². The van der Waals surface area contributed by atoms with Crippen molar-refractivity contribution in [1.29, 1.82) is 0 Å². The van der Waals surface area contributed by atoms with Gasteiger partial charge in [0.2, 0.25) is 0 Å². The highest BCUT2D eigenvalue weighted by Gasteiger charge is 2.32. The number of nitrogens with one attached hydrogen (secondary N) is 1. The van der Waals surface area contributed by atoms with Crippen LogP contribution in [0.15, 0.2) is 65.6 Å². The fourth-order valence-electron chi connectivity index (χ4n) is 4.67. The van der Waals surface area contributed by atoms with Crippen molar-refractivity contribution in [2.75, 3.05) is 0 Å². The second-order valence-corrected chi connectivity index (χ2v) is 9.93.